The molecule has 1 amide bonds. The molecule has 0 radical (unpaired) electrons. The highest BCUT2D eigenvalue weighted by atomic mass is 16.5. The zero-order valence-electron chi connectivity index (χ0n) is 16.5. The number of carbonyl (C=O) groups is 1. The molecule has 8 heteroatoms. The summed E-state index contributed by atoms with van der Waals surface area (Å²) in [5.74, 6) is 0.629. The Kier molecular flexibility index (Phi) is 5.53. The fourth-order valence-corrected chi connectivity index (χ4v) is 3.59. The molecule has 4 rings (SSSR count). The molecule has 8 nitrogen and oxygen atoms in total. The van der Waals surface area contributed by atoms with Gasteiger partial charge in [0.2, 0.25) is 0 Å². The number of benzene rings is 2. The molecule has 2 unspecified atom stereocenters. The van der Waals surface area contributed by atoms with E-state index in [1.807, 2.05) is 47.4 Å². The number of likely N-dealkylation sites (N-methyl/N-ethyl adjacent to an activating group) is 1. The van der Waals surface area contributed by atoms with Crippen molar-refractivity contribution in [1.82, 2.24) is 30.0 Å². The number of amides is 1. The summed E-state index contributed by atoms with van der Waals surface area (Å²) in [6.07, 6.45) is 0.947. The predicted octanol–water partition coefficient (Wildman–Crippen LogP) is 1.94. The summed E-state index contributed by atoms with van der Waals surface area (Å²) in [6, 6.07) is 17.5. The van der Waals surface area contributed by atoms with Gasteiger partial charge in [0.25, 0.3) is 5.91 Å². The van der Waals surface area contributed by atoms with Crippen molar-refractivity contribution in [3.63, 3.8) is 0 Å². The third-order valence-electron chi connectivity index (χ3n) is 5.16. The molecule has 0 N–H and O–H groups in total. The zero-order chi connectivity index (χ0) is 20.2. The number of rotatable bonds is 5. The molecule has 29 heavy (non-hydrogen) atoms. The van der Waals surface area contributed by atoms with E-state index in [0.29, 0.717) is 12.3 Å². The van der Waals surface area contributed by atoms with E-state index >= 15 is 0 Å². The lowest BCUT2D eigenvalue weighted by Gasteiger charge is -2.41. The number of carbonyl (C=O) groups excluding carboxylic acids is 1. The molecule has 2 atom stereocenters. The van der Waals surface area contributed by atoms with Crippen molar-refractivity contribution < 1.29 is 9.53 Å². The van der Waals surface area contributed by atoms with Gasteiger partial charge in [-0.1, -0.05) is 30.3 Å². The largest absolute Gasteiger partial charge is 0.481 e. The van der Waals surface area contributed by atoms with Crippen molar-refractivity contribution in [2.75, 3.05) is 26.7 Å². The molecule has 1 aromatic heterocycles. The molecule has 0 spiro atoms. The molecule has 2 heterocycles. The number of tetrazole rings is 1. The summed E-state index contributed by atoms with van der Waals surface area (Å²) >= 11 is 0. The fourth-order valence-electron chi connectivity index (χ4n) is 3.59. The normalized spacial score (nSPS) is 18.4. The number of nitrogens with zero attached hydrogens (tertiary/aromatic N) is 6. The monoisotopic (exact) mass is 392 g/mol. The molecule has 1 saturated heterocycles. The van der Waals surface area contributed by atoms with E-state index in [4.69, 9.17) is 4.74 Å². The number of hydrogen-bond acceptors (Lipinski definition) is 6. The minimum Gasteiger partial charge on any atom is -0.481 e. The molecule has 0 aliphatic carbocycles. The van der Waals surface area contributed by atoms with E-state index in [9.17, 15) is 4.79 Å². The summed E-state index contributed by atoms with van der Waals surface area (Å²) in [5.41, 5.74) is 1.97. The van der Waals surface area contributed by atoms with Crippen LogP contribution in [0.1, 0.15) is 18.5 Å². The second-order valence-electron chi connectivity index (χ2n) is 7.23. The third kappa shape index (κ3) is 4.27. The van der Waals surface area contributed by atoms with Crippen molar-refractivity contribution in [2.24, 2.45) is 0 Å². The van der Waals surface area contributed by atoms with Gasteiger partial charge >= 0.3 is 0 Å². The van der Waals surface area contributed by atoms with Gasteiger partial charge in [-0.25, -0.2) is 4.68 Å². The Morgan fingerprint density at radius 3 is 2.55 bits per heavy atom. The molecule has 0 bridgehead atoms. The minimum absolute atomic E-state index is 0.00324. The molecule has 150 valence electrons. The van der Waals surface area contributed by atoms with Crippen LogP contribution in [0.15, 0.2) is 60.9 Å². The van der Waals surface area contributed by atoms with E-state index < -0.39 is 6.10 Å². The van der Waals surface area contributed by atoms with Crippen molar-refractivity contribution in [3.8, 4) is 11.4 Å². The van der Waals surface area contributed by atoms with Crippen LogP contribution in [0.4, 0.5) is 0 Å². The second-order valence-corrected chi connectivity index (χ2v) is 7.23. The zero-order valence-corrected chi connectivity index (χ0v) is 16.5. The summed E-state index contributed by atoms with van der Waals surface area (Å²) in [5, 5.41) is 11.1. The molecule has 1 fully saturated rings. The van der Waals surface area contributed by atoms with Crippen molar-refractivity contribution in [1.29, 1.82) is 0 Å². The molecule has 1 aliphatic heterocycles. The van der Waals surface area contributed by atoms with Gasteiger partial charge in [-0.2, -0.15) is 0 Å². The quantitative estimate of drug-likeness (QED) is 0.661. The molecule has 3 aromatic rings. The topological polar surface area (TPSA) is 76.4 Å². The molecular weight excluding hydrogens is 368 g/mol. The van der Waals surface area contributed by atoms with Crippen molar-refractivity contribution >= 4 is 5.91 Å². The first-order chi connectivity index (χ1) is 14.1. The van der Waals surface area contributed by atoms with Gasteiger partial charge in [-0.05, 0) is 54.2 Å². The fraction of sp³-hybridized carbons (Fsp3) is 0.333. The maximum atomic E-state index is 13.2. The van der Waals surface area contributed by atoms with Gasteiger partial charge in [0.15, 0.2) is 6.10 Å². The summed E-state index contributed by atoms with van der Waals surface area (Å²) in [4.78, 5) is 17.4. The molecule has 0 saturated carbocycles. The van der Waals surface area contributed by atoms with Gasteiger partial charge in [0.05, 0.1) is 11.7 Å². The molecular formula is C21H24N6O2. The van der Waals surface area contributed by atoms with Crippen LogP contribution in [0.3, 0.4) is 0 Å². The minimum atomic E-state index is -0.580. The highest BCUT2D eigenvalue weighted by Crippen LogP contribution is 2.26. The summed E-state index contributed by atoms with van der Waals surface area (Å²) < 4.78 is 7.51. The van der Waals surface area contributed by atoms with Crippen LogP contribution in [0, 0.1) is 0 Å². The lowest BCUT2D eigenvalue weighted by molar-refractivity contribution is -0.143. The average molecular weight is 392 g/mol. The molecule has 1 aliphatic rings. The summed E-state index contributed by atoms with van der Waals surface area (Å²) in [6.45, 7) is 4.14. The first-order valence-electron chi connectivity index (χ1n) is 9.66. The van der Waals surface area contributed by atoms with E-state index in [0.717, 1.165) is 24.3 Å². The first kappa shape index (κ1) is 19.1. The van der Waals surface area contributed by atoms with Gasteiger partial charge in [0, 0.05) is 19.6 Å². The average Bonchev–Trinajstić information content (AvgIpc) is 3.29. The highest BCUT2D eigenvalue weighted by Gasteiger charge is 2.33. The lowest BCUT2D eigenvalue weighted by Crippen LogP contribution is -2.52. The van der Waals surface area contributed by atoms with Gasteiger partial charge < -0.3 is 14.5 Å². The second kappa shape index (κ2) is 8.40. The van der Waals surface area contributed by atoms with Crippen molar-refractivity contribution in [2.45, 2.75) is 19.1 Å². The van der Waals surface area contributed by atoms with Gasteiger partial charge in [-0.15, -0.1) is 5.10 Å². The summed E-state index contributed by atoms with van der Waals surface area (Å²) in [7, 11) is 2.09. The first-order valence-corrected chi connectivity index (χ1v) is 9.66. The highest BCUT2D eigenvalue weighted by molar-refractivity contribution is 5.81. The number of piperazine rings is 1. The van der Waals surface area contributed by atoms with Gasteiger partial charge in [0.1, 0.15) is 12.1 Å². The number of hydrogen-bond donors (Lipinski definition) is 0. The Morgan fingerprint density at radius 1 is 1.10 bits per heavy atom. The molecule has 2 aromatic carbocycles. The maximum absolute atomic E-state index is 13.2. The van der Waals surface area contributed by atoms with E-state index in [2.05, 4.69) is 39.6 Å². The maximum Gasteiger partial charge on any atom is 0.263 e. The Bertz CT molecular complexity index is 930. The standard InChI is InChI=1S/C21H24N6O2/c1-16(29-19-10-8-18(9-11-19)27-15-22-23-24-27)21(28)26-13-12-25(2)14-20(26)17-6-4-3-5-7-17/h3-11,15-16,20H,12-14H2,1-2H3. The van der Waals surface area contributed by atoms with E-state index in [1.54, 1.807) is 11.6 Å². The van der Waals surface area contributed by atoms with Crippen LogP contribution in [0.5, 0.6) is 5.75 Å². The van der Waals surface area contributed by atoms with E-state index in [1.165, 1.54) is 6.33 Å². The number of aromatic nitrogens is 4. The Hall–Kier alpha value is -3.26. The Balaban J connectivity index is 1.46. The predicted molar refractivity (Wildman–Crippen MR) is 108 cm³/mol. The van der Waals surface area contributed by atoms with Crippen LogP contribution in [-0.2, 0) is 4.79 Å². The van der Waals surface area contributed by atoms with Crippen LogP contribution in [0.2, 0.25) is 0 Å². The lowest BCUT2D eigenvalue weighted by atomic mass is 10.0. The Labute approximate surface area is 169 Å². The van der Waals surface area contributed by atoms with Crippen LogP contribution < -0.4 is 4.74 Å². The SMILES string of the molecule is CC(Oc1ccc(-n2cnnn2)cc1)C(=O)N1CCN(C)CC1c1ccccc1. The Morgan fingerprint density at radius 2 is 1.86 bits per heavy atom. The number of ether oxygens (including phenoxy) is 1. The van der Waals surface area contributed by atoms with Crippen LogP contribution in [0.25, 0.3) is 5.69 Å². The third-order valence-corrected chi connectivity index (χ3v) is 5.16. The van der Waals surface area contributed by atoms with Gasteiger partial charge in [-0.3, -0.25) is 4.79 Å². The van der Waals surface area contributed by atoms with Crippen LogP contribution >= 0.6 is 0 Å². The van der Waals surface area contributed by atoms with Crippen molar-refractivity contribution in [3.05, 3.63) is 66.5 Å². The van der Waals surface area contributed by atoms with Crippen LogP contribution in [-0.4, -0.2) is 68.7 Å². The van der Waals surface area contributed by atoms with E-state index in [-0.39, 0.29) is 11.9 Å². The smallest absolute Gasteiger partial charge is 0.263 e.